The number of fused-ring (bicyclic) bond motifs is 1. The Bertz CT molecular complexity index is 1030. The minimum atomic E-state index is -0.562. The molecule has 1 aliphatic rings. The van der Waals surface area contributed by atoms with E-state index in [1.54, 1.807) is 6.33 Å². The van der Waals surface area contributed by atoms with Gasteiger partial charge in [-0.15, -0.1) is 0 Å². The molecule has 2 N–H and O–H groups in total. The quantitative estimate of drug-likeness (QED) is 0.654. The predicted molar refractivity (Wildman–Crippen MR) is 104 cm³/mol. The first-order valence-corrected chi connectivity index (χ1v) is 9.04. The number of ether oxygens (including phenoxy) is 2. The molecule has 1 fully saturated rings. The van der Waals surface area contributed by atoms with E-state index in [-0.39, 0.29) is 11.9 Å². The zero-order valence-electron chi connectivity index (χ0n) is 16.0. The first-order valence-electron chi connectivity index (χ1n) is 9.04. The number of carbonyl (C=O) groups is 1. The number of esters is 1. The highest BCUT2D eigenvalue weighted by Crippen LogP contribution is 2.29. The van der Waals surface area contributed by atoms with Gasteiger partial charge in [0.15, 0.2) is 11.5 Å². The zero-order chi connectivity index (χ0) is 19.7. The van der Waals surface area contributed by atoms with Crippen LogP contribution in [0.4, 0.5) is 5.82 Å². The van der Waals surface area contributed by atoms with E-state index in [4.69, 9.17) is 9.47 Å². The van der Waals surface area contributed by atoms with Crippen molar-refractivity contribution in [2.45, 2.75) is 13.2 Å². The second-order valence-electron chi connectivity index (χ2n) is 6.58. The highest BCUT2D eigenvalue weighted by molar-refractivity contribution is 5.95. The van der Waals surface area contributed by atoms with E-state index in [0.29, 0.717) is 30.4 Å². The van der Waals surface area contributed by atoms with Crippen LogP contribution in [0.15, 0.2) is 24.5 Å². The largest absolute Gasteiger partial charge is 0.464 e. The molecule has 1 unspecified atom stereocenters. The minimum Gasteiger partial charge on any atom is -0.464 e. The van der Waals surface area contributed by atoms with E-state index in [0.717, 1.165) is 23.1 Å². The Morgan fingerprint density at radius 2 is 2.25 bits per heavy atom. The molecule has 0 amide bonds. The first-order chi connectivity index (χ1) is 13.6. The van der Waals surface area contributed by atoms with Crippen molar-refractivity contribution >= 4 is 22.8 Å². The highest BCUT2D eigenvalue weighted by atomic mass is 16.5. The van der Waals surface area contributed by atoms with Crippen LogP contribution in [0.1, 0.15) is 16.2 Å². The van der Waals surface area contributed by atoms with Crippen LogP contribution in [0.25, 0.3) is 22.3 Å². The summed E-state index contributed by atoms with van der Waals surface area (Å²) in [6.45, 7) is 3.84. The number of hydrogen-bond donors (Lipinski definition) is 2. The molecular formula is C19H22N6O3. The molecule has 9 heteroatoms. The minimum absolute atomic E-state index is 0.116. The maximum atomic E-state index is 12.4. The fourth-order valence-electron chi connectivity index (χ4n) is 3.27. The van der Waals surface area contributed by atoms with Gasteiger partial charge in [-0.3, -0.25) is 0 Å². The average Bonchev–Trinajstić information content (AvgIpc) is 3.10. The number of rotatable bonds is 4. The Balaban J connectivity index is 1.81. The summed E-state index contributed by atoms with van der Waals surface area (Å²) in [5.74, 6) is -0.219. The maximum absolute atomic E-state index is 12.4. The number of hydrogen-bond acceptors (Lipinski definition) is 8. The van der Waals surface area contributed by atoms with Gasteiger partial charge in [0.1, 0.15) is 6.23 Å². The summed E-state index contributed by atoms with van der Waals surface area (Å²) in [6.07, 6.45) is 1.46. The maximum Gasteiger partial charge on any atom is 0.360 e. The molecule has 28 heavy (non-hydrogen) atoms. The van der Waals surface area contributed by atoms with Crippen LogP contribution in [-0.4, -0.2) is 58.5 Å². The van der Waals surface area contributed by atoms with Gasteiger partial charge in [0.2, 0.25) is 0 Å². The number of carbonyl (C=O) groups excluding carboxylic acids is 1. The van der Waals surface area contributed by atoms with E-state index in [2.05, 4.69) is 25.6 Å². The van der Waals surface area contributed by atoms with E-state index < -0.39 is 5.97 Å². The van der Waals surface area contributed by atoms with Crippen LogP contribution in [-0.2, 0) is 16.5 Å². The summed E-state index contributed by atoms with van der Waals surface area (Å²) < 4.78 is 12.5. The van der Waals surface area contributed by atoms with E-state index in [1.165, 1.54) is 7.11 Å². The molecule has 1 aliphatic heterocycles. The summed E-state index contributed by atoms with van der Waals surface area (Å²) in [5, 5.41) is 6.38. The van der Waals surface area contributed by atoms with Crippen LogP contribution in [0, 0.1) is 6.92 Å². The number of para-hydroxylation sites is 1. The van der Waals surface area contributed by atoms with Gasteiger partial charge in [-0.1, -0.05) is 12.1 Å². The number of methoxy groups -OCH3 is 1. The second kappa shape index (κ2) is 7.53. The van der Waals surface area contributed by atoms with E-state index in [9.17, 15) is 4.79 Å². The molecule has 146 valence electrons. The van der Waals surface area contributed by atoms with Gasteiger partial charge in [-0.2, -0.15) is 0 Å². The third-order valence-corrected chi connectivity index (χ3v) is 4.68. The summed E-state index contributed by atoms with van der Waals surface area (Å²) in [6, 6.07) is 5.85. The van der Waals surface area contributed by atoms with Crippen LogP contribution in [0.3, 0.4) is 0 Å². The Kier molecular flexibility index (Phi) is 4.93. The monoisotopic (exact) mass is 382 g/mol. The first kappa shape index (κ1) is 18.3. The molecule has 9 nitrogen and oxygen atoms in total. The Morgan fingerprint density at radius 1 is 1.39 bits per heavy atom. The number of aromatic nitrogens is 4. The highest BCUT2D eigenvalue weighted by Gasteiger charge is 2.23. The predicted octanol–water partition coefficient (Wildman–Crippen LogP) is 1.48. The van der Waals surface area contributed by atoms with Crippen molar-refractivity contribution in [3.05, 3.63) is 35.9 Å². The van der Waals surface area contributed by atoms with Crippen molar-refractivity contribution in [1.82, 2.24) is 24.8 Å². The van der Waals surface area contributed by atoms with Gasteiger partial charge in [0, 0.05) is 25.7 Å². The molecule has 3 aromatic rings. The molecule has 1 atom stereocenters. The average molecular weight is 382 g/mol. The molecule has 1 aromatic carbocycles. The number of benzene rings is 1. The number of aryl methyl sites for hydroxylation is 2. The number of anilines is 1. The SMILES string of the molecule is COC(=O)c1nc(-c2cccc3c2ncn3C)c(C)nc1NC1CNCCO1. The van der Waals surface area contributed by atoms with Gasteiger partial charge in [0.25, 0.3) is 0 Å². The van der Waals surface area contributed by atoms with Crippen molar-refractivity contribution in [3.8, 4) is 11.3 Å². The van der Waals surface area contributed by atoms with Gasteiger partial charge < -0.3 is 24.7 Å². The molecular weight excluding hydrogens is 360 g/mol. The standard InChI is InChI=1S/C19H22N6O3/c1-11-15(12-5-4-6-13-16(12)21-10-25(13)2)24-17(19(26)27-3)18(22-11)23-14-9-20-7-8-28-14/h4-6,10,14,20H,7-9H2,1-3H3,(H,22,23). The van der Waals surface area contributed by atoms with Crippen LogP contribution in [0.5, 0.6) is 0 Å². The summed E-state index contributed by atoms with van der Waals surface area (Å²) in [4.78, 5) is 26.1. The summed E-state index contributed by atoms with van der Waals surface area (Å²) >= 11 is 0. The lowest BCUT2D eigenvalue weighted by Crippen LogP contribution is -2.43. The van der Waals surface area contributed by atoms with Gasteiger partial charge >= 0.3 is 5.97 Å². The molecule has 0 spiro atoms. The van der Waals surface area contributed by atoms with Gasteiger partial charge in [-0.25, -0.2) is 19.7 Å². The molecule has 1 saturated heterocycles. The fraction of sp³-hybridized carbons (Fsp3) is 0.368. The number of morpholine rings is 1. The van der Waals surface area contributed by atoms with Crippen molar-refractivity contribution in [2.24, 2.45) is 7.05 Å². The molecule has 0 aliphatic carbocycles. The molecule has 3 heterocycles. The Labute approximate surface area is 162 Å². The summed E-state index contributed by atoms with van der Waals surface area (Å²) in [7, 11) is 3.26. The molecule has 0 saturated carbocycles. The summed E-state index contributed by atoms with van der Waals surface area (Å²) in [5.41, 5.74) is 3.98. The van der Waals surface area contributed by atoms with Gasteiger partial charge in [0.05, 0.1) is 42.5 Å². The van der Waals surface area contributed by atoms with Crippen molar-refractivity contribution in [2.75, 3.05) is 32.1 Å². The van der Waals surface area contributed by atoms with Crippen molar-refractivity contribution in [3.63, 3.8) is 0 Å². The number of imidazole rings is 1. The topological polar surface area (TPSA) is 103 Å². The van der Waals surface area contributed by atoms with E-state index in [1.807, 2.05) is 36.7 Å². The molecule has 4 rings (SSSR count). The Hall–Kier alpha value is -3.04. The van der Waals surface area contributed by atoms with Gasteiger partial charge in [-0.05, 0) is 13.0 Å². The normalized spacial score (nSPS) is 16.9. The molecule has 2 aromatic heterocycles. The van der Waals surface area contributed by atoms with E-state index >= 15 is 0 Å². The van der Waals surface area contributed by atoms with Crippen molar-refractivity contribution in [1.29, 1.82) is 0 Å². The smallest absolute Gasteiger partial charge is 0.360 e. The lowest BCUT2D eigenvalue weighted by atomic mass is 10.1. The second-order valence-corrected chi connectivity index (χ2v) is 6.58. The number of nitrogens with one attached hydrogen (secondary N) is 2. The van der Waals surface area contributed by atoms with Crippen LogP contribution < -0.4 is 10.6 Å². The number of nitrogens with zero attached hydrogens (tertiary/aromatic N) is 4. The third kappa shape index (κ3) is 3.30. The van der Waals surface area contributed by atoms with Crippen LogP contribution >= 0.6 is 0 Å². The Morgan fingerprint density at radius 3 is 3.00 bits per heavy atom. The lowest BCUT2D eigenvalue weighted by molar-refractivity contribution is 0.0462. The lowest BCUT2D eigenvalue weighted by Gasteiger charge is -2.25. The molecule has 0 bridgehead atoms. The third-order valence-electron chi connectivity index (χ3n) is 4.68. The van der Waals surface area contributed by atoms with Crippen LogP contribution in [0.2, 0.25) is 0 Å². The fourth-order valence-corrected chi connectivity index (χ4v) is 3.27. The van der Waals surface area contributed by atoms with Crippen molar-refractivity contribution < 1.29 is 14.3 Å². The zero-order valence-corrected chi connectivity index (χ0v) is 16.0. The molecule has 0 radical (unpaired) electrons.